The summed E-state index contributed by atoms with van der Waals surface area (Å²) in [4.78, 5) is 11.8. The summed E-state index contributed by atoms with van der Waals surface area (Å²) in [5.74, 6) is 0.270. The monoisotopic (exact) mass is 307 g/mol. The van der Waals surface area contributed by atoms with Gasteiger partial charge in [-0.25, -0.2) is 4.68 Å². The molecule has 0 radical (unpaired) electrons. The Hall–Kier alpha value is -1.91. The first kappa shape index (κ1) is 13.1. The van der Waals surface area contributed by atoms with E-state index < -0.39 is 0 Å². The molecule has 0 saturated carbocycles. The second kappa shape index (κ2) is 4.58. The molecule has 3 N–H and O–H groups in total. The normalized spacial score (nSPS) is 11.2. The van der Waals surface area contributed by atoms with Gasteiger partial charge in [-0.2, -0.15) is 0 Å². The average molecular weight is 308 g/mol. The SMILES string of the molecule is Cc1ccc2cc(-n3[nH]c(N)cc3=O)c(Cl)c(Cl)c2c1. The Morgan fingerprint density at radius 2 is 1.90 bits per heavy atom. The largest absolute Gasteiger partial charge is 0.384 e. The molecule has 0 bridgehead atoms. The van der Waals surface area contributed by atoms with Crippen LogP contribution < -0.4 is 11.3 Å². The molecule has 0 spiro atoms. The Labute approximate surface area is 124 Å². The molecule has 0 aliphatic rings. The smallest absolute Gasteiger partial charge is 0.273 e. The van der Waals surface area contributed by atoms with Crippen LogP contribution in [-0.4, -0.2) is 9.78 Å². The Morgan fingerprint density at radius 1 is 1.15 bits per heavy atom. The zero-order chi connectivity index (χ0) is 14.4. The van der Waals surface area contributed by atoms with E-state index in [0.29, 0.717) is 15.7 Å². The highest BCUT2D eigenvalue weighted by Crippen LogP contribution is 2.35. The van der Waals surface area contributed by atoms with Crippen LogP contribution in [0.2, 0.25) is 10.0 Å². The van der Waals surface area contributed by atoms with Gasteiger partial charge in [0.2, 0.25) is 0 Å². The zero-order valence-corrected chi connectivity index (χ0v) is 12.1. The fraction of sp³-hybridized carbons (Fsp3) is 0.0714. The highest BCUT2D eigenvalue weighted by atomic mass is 35.5. The second-order valence-electron chi connectivity index (χ2n) is 4.63. The summed E-state index contributed by atoms with van der Waals surface area (Å²) in [6, 6.07) is 8.97. The summed E-state index contributed by atoms with van der Waals surface area (Å²) in [5, 5.41) is 5.23. The number of rotatable bonds is 1. The molecule has 0 amide bonds. The number of hydrogen-bond acceptors (Lipinski definition) is 2. The van der Waals surface area contributed by atoms with Crippen LogP contribution in [-0.2, 0) is 0 Å². The highest BCUT2D eigenvalue weighted by molar-refractivity contribution is 6.46. The molecule has 0 unspecified atom stereocenters. The molecular weight excluding hydrogens is 297 g/mol. The van der Waals surface area contributed by atoms with Crippen molar-refractivity contribution in [3.63, 3.8) is 0 Å². The number of H-pyrrole nitrogens is 1. The van der Waals surface area contributed by atoms with Gasteiger partial charge >= 0.3 is 0 Å². The van der Waals surface area contributed by atoms with Crippen molar-refractivity contribution in [1.29, 1.82) is 0 Å². The molecule has 20 heavy (non-hydrogen) atoms. The van der Waals surface area contributed by atoms with Gasteiger partial charge < -0.3 is 5.73 Å². The van der Waals surface area contributed by atoms with Crippen LogP contribution in [0.3, 0.4) is 0 Å². The number of nitrogen functional groups attached to an aromatic ring is 1. The number of nitrogens with two attached hydrogens (primary N) is 1. The average Bonchev–Trinajstić information content (AvgIpc) is 2.73. The van der Waals surface area contributed by atoms with Gasteiger partial charge in [-0.1, -0.05) is 40.9 Å². The van der Waals surface area contributed by atoms with E-state index >= 15 is 0 Å². The minimum atomic E-state index is -0.285. The predicted octanol–water partition coefficient (Wildman–Crippen LogP) is 3.52. The third-order valence-corrected chi connectivity index (χ3v) is 4.01. The van der Waals surface area contributed by atoms with Crippen LogP contribution in [0.25, 0.3) is 16.5 Å². The van der Waals surface area contributed by atoms with E-state index in [2.05, 4.69) is 5.10 Å². The summed E-state index contributed by atoms with van der Waals surface area (Å²) in [7, 11) is 0. The van der Waals surface area contributed by atoms with Gasteiger partial charge in [0.25, 0.3) is 5.56 Å². The summed E-state index contributed by atoms with van der Waals surface area (Å²) in [5.41, 5.74) is 6.87. The lowest BCUT2D eigenvalue weighted by Gasteiger charge is -2.10. The van der Waals surface area contributed by atoms with Gasteiger partial charge in [-0.3, -0.25) is 9.89 Å². The van der Waals surface area contributed by atoms with Crippen molar-refractivity contribution in [3.8, 4) is 5.69 Å². The number of anilines is 1. The number of halogens is 2. The van der Waals surface area contributed by atoms with Crippen molar-refractivity contribution in [2.24, 2.45) is 0 Å². The fourth-order valence-corrected chi connectivity index (χ4v) is 2.68. The van der Waals surface area contributed by atoms with Gasteiger partial charge in [0.1, 0.15) is 5.82 Å². The van der Waals surface area contributed by atoms with E-state index in [-0.39, 0.29) is 11.4 Å². The molecule has 1 heterocycles. The molecule has 4 nitrogen and oxygen atoms in total. The van der Waals surface area contributed by atoms with Gasteiger partial charge in [-0.15, -0.1) is 0 Å². The third kappa shape index (κ3) is 1.97. The lowest BCUT2D eigenvalue weighted by atomic mass is 10.1. The number of aromatic amines is 1. The van der Waals surface area contributed by atoms with Crippen LogP contribution in [0.15, 0.2) is 35.1 Å². The second-order valence-corrected chi connectivity index (χ2v) is 5.39. The highest BCUT2D eigenvalue weighted by Gasteiger charge is 2.14. The first-order valence-corrected chi connectivity index (χ1v) is 6.69. The lowest BCUT2D eigenvalue weighted by molar-refractivity contribution is 0.855. The number of nitrogens with one attached hydrogen (secondary N) is 1. The number of fused-ring (bicyclic) bond motifs is 1. The van der Waals surface area contributed by atoms with Crippen LogP contribution in [0.1, 0.15) is 5.56 Å². The summed E-state index contributed by atoms with van der Waals surface area (Å²) >= 11 is 12.6. The third-order valence-electron chi connectivity index (χ3n) is 3.14. The number of benzene rings is 2. The maximum atomic E-state index is 11.8. The van der Waals surface area contributed by atoms with E-state index in [4.69, 9.17) is 28.9 Å². The Balaban J connectivity index is 2.38. The molecule has 3 aromatic rings. The maximum absolute atomic E-state index is 11.8. The minimum Gasteiger partial charge on any atom is -0.384 e. The van der Waals surface area contributed by atoms with Crippen LogP contribution in [0.4, 0.5) is 5.82 Å². The maximum Gasteiger partial charge on any atom is 0.273 e. The van der Waals surface area contributed by atoms with Crippen molar-refractivity contribution in [2.75, 3.05) is 5.73 Å². The number of hydrogen-bond donors (Lipinski definition) is 2. The van der Waals surface area contributed by atoms with Crippen LogP contribution >= 0.6 is 23.2 Å². The molecule has 0 atom stereocenters. The summed E-state index contributed by atoms with van der Waals surface area (Å²) < 4.78 is 1.28. The van der Waals surface area contributed by atoms with Crippen molar-refractivity contribution >= 4 is 39.8 Å². The molecule has 0 aliphatic heterocycles. The number of nitrogens with zero attached hydrogens (tertiary/aromatic N) is 1. The van der Waals surface area contributed by atoms with E-state index in [1.54, 1.807) is 6.07 Å². The molecule has 0 fully saturated rings. The van der Waals surface area contributed by atoms with E-state index in [0.717, 1.165) is 16.3 Å². The first-order chi connectivity index (χ1) is 9.47. The molecule has 0 saturated heterocycles. The molecular formula is C14H11Cl2N3O. The fourth-order valence-electron chi connectivity index (χ4n) is 2.18. The minimum absolute atomic E-state index is 0.270. The van der Waals surface area contributed by atoms with Crippen LogP contribution in [0, 0.1) is 6.92 Å². The molecule has 3 rings (SSSR count). The summed E-state index contributed by atoms with van der Waals surface area (Å²) in [6.07, 6.45) is 0. The van der Waals surface area contributed by atoms with Crippen molar-refractivity contribution in [3.05, 3.63) is 56.3 Å². The van der Waals surface area contributed by atoms with Crippen molar-refractivity contribution in [1.82, 2.24) is 9.78 Å². The first-order valence-electron chi connectivity index (χ1n) is 5.93. The van der Waals surface area contributed by atoms with Crippen LogP contribution in [0.5, 0.6) is 0 Å². The molecule has 2 aromatic carbocycles. The van der Waals surface area contributed by atoms with Gasteiger partial charge in [0, 0.05) is 11.5 Å². The van der Waals surface area contributed by atoms with E-state index in [1.807, 2.05) is 25.1 Å². The molecule has 0 aliphatic carbocycles. The lowest BCUT2D eigenvalue weighted by Crippen LogP contribution is -2.14. The zero-order valence-electron chi connectivity index (χ0n) is 10.6. The molecule has 6 heteroatoms. The summed E-state index contributed by atoms with van der Waals surface area (Å²) in [6.45, 7) is 1.98. The Morgan fingerprint density at radius 3 is 2.55 bits per heavy atom. The van der Waals surface area contributed by atoms with E-state index in [1.165, 1.54) is 10.7 Å². The Kier molecular flexibility index (Phi) is 3.00. The number of aryl methyl sites for hydroxylation is 1. The standard InChI is InChI=1S/C14H11Cl2N3O/c1-7-2-3-8-5-10(14(16)13(15)9(8)4-7)19-12(20)6-11(17)18-19/h2-6,18H,17H2,1H3. The Bertz CT molecular complexity index is 880. The van der Waals surface area contributed by atoms with Gasteiger partial charge in [0.15, 0.2) is 0 Å². The van der Waals surface area contributed by atoms with Gasteiger partial charge in [0.05, 0.1) is 15.7 Å². The quantitative estimate of drug-likeness (QED) is 0.722. The number of aromatic nitrogens is 2. The van der Waals surface area contributed by atoms with Gasteiger partial charge in [-0.05, 0) is 24.4 Å². The van der Waals surface area contributed by atoms with Crippen molar-refractivity contribution in [2.45, 2.75) is 6.92 Å². The molecule has 102 valence electrons. The molecule has 1 aromatic heterocycles. The van der Waals surface area contributed by atoms with E-state index in [9.17, 15) is 4.79 Å². The predicted molar refractivity (Wildman–Crippen MR) is 83.1 cm³/mol. The topological polar surface area (TPSA) is 63.8 Å². The van der Waals surface area contributed by atoms with Crippen molar-refractivity contribution < 1.29 is 0 Å².